The molecule has 1 aromatic heterocycles. The molecule has 4 rings (SSSR count). The van der Waals surface area contributed by atoms with Crippen LogP contribution in [-0.2, 0) is 13.5 Å². The van der Waals surface area contributed by atoms with E-state index in [1.807, 2.05) is 80.7 Å². The molecule has 0 aliphatic heterocycles. The summed E-state index contributed by atoms with van der Waals surface area (Å²) in [6.45, 7) is 4.08. The first-order valence-electron chi connectivity index (χ1n) is 9.86. The molecule has 29 heavy (non-hydrogen) atoms. The highest BCUT2D eigenvalue weighted by molar-refractivity contribution is 5.94. The van der Waals surface area contributed by atoms with Gasteiger partial charge in [0.05, 0.1) is 17.1 Å². The summed E-state index contributed by atoms with van der Waals surface area (Å²) >= 11 is 0. The van der Waals surface area contributed by atoms with Gasteiger partial charge in [0.1, 0.15) is 5.82 Å². The number of nitrogens with zero attached hydrogens (tertiary/aromatic N) is 2. The van der Waals surface area contributed by atoms with Gasteiger partial charge in [-0.15, -0.1) is 0 Å². The van der Waals surface area contributed by atoms with Gasteiger partial charge in [-0.3, -0.25) is 4.79 Å². The minimum absolute atomic E-state index is 0.0688. The molecule has 0 saturated carbocycles. The van der Waals surface area contributed by atoms with Gasteiger partial charge < -0.3 is 9.88 Å². The molecule has 0 aliphatic carbocycles. The van der Waals surface area contributed by atoms with Gasteiger partial charge >= 0.3 is 0 Å². The summed E-state index contributed by atoms with van der Waals surface area (Å²) in [5, 5.41) is 3.22. The number of para-hydroxylation sites is 2. The van der Waals surface area contributed by atoms with Crippen molar-refractivity contribution < 1.29 is 4.79 Å². The predicted octanol–water partition coefficient (Wildman–Crippen LogP) is 4.90. The fourth-order valence-electron chi connectivity index (χ4n) is 3.62. The quantitative estimate of drug-likeness (QED) is 0.533. The molecule has 4 aromatic rings. The van der Waals surface area contributed by atoms with E-state index in [1.54, 1.807) is 0 Å². The molecule has 0 fully saturated rings. The zero-order valence-corrected chi connectivity index (χ0v) is 17.0. The number of nitrogens with one attached hydrogen (secondary N) is 1. The lowest BCUT2D eigenvalue weighted by Crippen LogP contribution is -2.30. The Morgan fingerprint density at radius 3 is 2.41 bits per heavy atom. The number of carbonyl (C=O) groups is 1. The van der Waals surface area contributed by atoms with Crippen molar-refractivity contribution in [3.8, 4) is 0 Å². The molecule has 1 atom stereocenters. The maximum absolute atomic E-state index is 13.0. The SMILES string of the molecule is Cc1ccc(C(=O)N[C@H](Cc2nc3ccccc3n2C)c2ccccc2)cc1C. The van der Waals surface area contributed by atoms with Crippen molar-refractivity contribution in [3.05, 3.63) is 101 Å². The fraction of sp³-hybridized carbons (Fsp3) is 0.200. The van der Waals surface area contributed by atoms with Gasteiger partial charge in [0.25, 0.3) is 5.91 Å². The fourth-order valence-corrected chi connectivity index (χ4v) is 3.62. The molecule has 4 heteroatoms. The Bertz CT molecular complexity index is 1160. The second-order valence-electron chi connectivity index (χ2n) is 7.52. The summed E-state index contributed by atoms with van der Waals surface area (Å²) < 4.78 is 2.10. The van der Waals surface area contributed by atoms with Crippen LogP contribution in [0.1, 0.15) is 38.9 Å². The number of aromatic nitrogens is 2. The molecule has 146 valence electrons. The van der Waals surface area contributed by atoms with Gasteiger partial charge in [0.15, 0.2) is 0 Å². The molecule has 3 aromatic carbocycles. The van der Waals surface area contributed by atoms with Crippen LogP contribution in [0, 0.1) is 13.8 Å². The number of fused-ring (bicyclic) bond motifs is 1. The van der Waals surface area contributed by atoms with E-state index in [2.05, 4.69) is 22.9 Å². The highest BCUT2D eigenvalue weighted by Crippen LogP contribution is 2.22. The molecule has 1 N–H and O–H groups in total. The van der Waals surface area contributed by atoms with Crippen LogP contribution in [0.25, 0.3) is 11.0 Å². The molecular formula is C25H25N3O. The van der Waals surface area contributed by atoms with Crippen LogP contribution in [0.15, 0.2) is 72.8 Å². The summed E-state index contributed by atoms with van der Waals surface area (Å²) in [6.07, 6.45) is 0.617. The molecule has 0 radical (unpaired) electrons. The second kappa shape index (κ2) is 7.92. The smallest absolute Gasteiger partial charge is 0.251 e. The van der Waals surface area contributed by atoms with E-state index >= 15 is 0 Å². The molecule has 0 bridgehead atoms. The Kier molecular flexibility index (Phi) is 5.17. The zero-order chi connectivity index (χ0) is 20.4. The van der Waals surface area contributed by atoms with E-state index in [-0.39, 0.29) is 11.9 Å². The number of benzene rings is 3. The first kappa shape index (κ1) is 18.9. The van der Waals surface area contributed by atoms with Gasteiger partial charge in [0.2, 0.25) is 0 Å². The first-order valence-corrected chi connectivity index (χ1v) is 9.86. The average molecular weight is 383 g/mol. The van der Waals surface area contributed by atoms with Crippen molar-refractivity contribution in [2.45, 2.75) is 26.3 Å². The topological polar surface area (TPSA) is 46.9 Å². The van der Waals surface area contributed by atoms with E-state index in [4.69, 9.17) is 4.98 Å². The molecule has 0 unspecified atom stereocenters. The van der Waals surface area contributed by atoms with E-state index in [1.165, 1.54) is 5.56 Å². The van der Waals surface area contributed by atoms with Crippen molar-refractivity contribution in [2.75, 3.05) is 0 Å². The zero-order valence-electron chi connectivity index (χ0n) is 17.0. The van der Waals surface area contributed by atoms with E-state index in [0.717, 1.165) is 28.0 Å². The number of aryl methyl sites for hydroxylation is 3. The maximum atomic E-state index is 13.0. The van der Waals surface area contributed by atoms with Crippen LogP contribution in [0.5, 0.6) is 0 Å². The highest BCUT2D eigenvalue weighted by Gasteiger charge is 2.19. The first-order chi connectivity index (χ1) is 14.0. The lowest BCUT2D eigenvalue weighted by atomic mass is 10.0. The molecule has 0 aliphatic rings. The molecule has 4 nitrogen and oxygen atoms in total. The molecule has 1 amide bonds. The van der Waals surface area contributed by atoms with Crippen LogP contribution >= 0.6 is 0 Å². The second-order valence-corrected chi connectivity index (χ2v) is 7.52. The van der Waals surface area contributed by atoms with Crippen LogP contribution < -0.4 is 5.32 Å². The van der Waals surface area contributed by atoms with Gasteiger partial charge in [-0.1, -0.05) is 48.5 Å². The minimum Gasteiger partial charge on any atom is -0.345 e. The predicted molar refractivity (Wildman–Crippen MR) is 117 cm³/mol. The Balaban J connectivity index is 1.65. The Labute approximate surface area is 171 Å². The third-order valence-corrected chi connectivity index (χ3v) is 5.54. The van der Waals surface area contributed by atoms with Crippen molar-refractivity contribution in [1.82, 2.24) is 14.9 Å². The van der Waals surface area contributed by atoms with E-state index in [9.17, 15) is 4.79 Å². The largest absolute Gasteiger partial charge is 0.345 e. The molecular weight excluding hydrogens is 358 g/mol. The summed E-state index contributed by atoms with van der Waals surface area (Å²) in [4.78, 5) is 17.8. The number of hydrogen-bond donors (Lipinski definition) is 1. The maximum Gasteiger partial charge on any atom is 0.251 e. The number of rotatable bonds is 5. The number of amides is 1. The van der Waals surface area contributed by atoms with Crippen LogP contribution in [0.2, 0.25) is 0 Å². The van der Waals surface area contributed by atoms with Gasteiger partial charge in [0, 0.05) is 19.0 Å². The number of carbonyl (C=O) groups excluding carboxylic acids is 1. The summed E-state index contributed by atoms with van der Waals surface area (Å²) in [6, 6.07) is 23.8. The van der Waals surface area contributed by atoms with Gasteiger partial charge in [-0.05, 0) is 54.8 Å². The Morgan fingerprint density at radius 2 is 1.69 bits per heavy atom. The summed E-state index contributed by atoms with van der Waals surface area (Å²) in [7, 11) is 2.03. The normalized spacial score (nSPS) is 12.1. The number of hydrogen-bond acceptors (Lipinski definition) is 2. The monoisotopic (exact) mass is 383 g/mol. The summed E-state index contributed by atoms with van der Waals surface area (Å²) in [5.41, 5.74) is 6.10. The van der Waals surface area contributed by atoms with E-state index in [0.29, 0.717) is 12.0 Å². The lowest BCUT2D eigenvalue weighted by molar-refractivity contribution is 0.0936. The van der Waals surface area contributed by atoms with Crippen molar-refractivity contribution >= 4 is 16.9 Å². The van der Waals surface area contributed by atoms with Crippen LogP contribution in [0.4, 0.5) is 0 Å². The highest BCUT2D eigenvalue weighted by atomic mass is 16.1. The average Bonchev–Trinajstić information content (AvgIpc) is 3.06. The molecule has 1 heterocycles. The minimum atomic E-state index is -0.166. The third kappa shape index (κ3) is 3.92. The molecule has 0 spiro atoms. The Hall–Kier alpha value is -3.40. The summed E-state index contributed by atoms with van der Waals surface area (Å²) in [5.74, 6) is 0.876. The number of imidazole rings is 1. The standard InChI is InChI=1S/C25H25N3O/c1-17-13-14-20(15-18(17)2)25(29)27-22(19-9-5-4-6-10-19)16-24-26-21-11-7-8-12-23(21)28(24)3/h4-15,22H,16H2,1-3H3,(H,27,29)/t22-/m1/s1. The Morgan fingerprint density at radius 1 is 0.966 bits per heavy atom. The van der Waals surface area contributed by atoms with Crippen molar-refractivity contribution in [2.24, 2.45) is 7.05 Å². The lowest BCUT2D eigenvalue weighted by Gasteiger charge is -2.19. The van der Waals surface area contributed by atoms with Crippen molar-refractivity contribution in [3.63, 3.8) is 0 Å². The van der Waals surface area contributed by atoms with E-state index < -0.39 is 0 Å². The molecule has 0 saturated heterocycles. The van der Waals surface area contributed by atoms with Gasteiger partial charge in [-0.25, -0.2) is 4.98 Å². The van der Waals surface area contributed by atoms with Crippen LogP contribution in [0.3, 0.4) is 0 Å². The van der Waals surface area contributed by atoms with Crippen molar-refractivity contribution in [1.29, 1.82) is 0 Å². The van der Waals surface area contributed by atoms with Gasteiger partial charge in [-0.2, -0.15) is 0 Å². The van der Waals surface area contributed by atoms with Crippen LogP contribution in [-0.4, -0.2) is 15.5 Å². The third-order valence-electron chi connectivity index (χ3n) is 5.54.